The number of hydrogen-bond acceptors (Lipinski definition) is 2. The summed E-state index contributed by atoms with van der Waals surface area (Å²) in [6.45, 7) is -0.428. The molecule has 0 aliphatic heterocycles. The number of hydrogen-bond donors (Lipinski definition) is 2. The van der Waals surface area contributed by atoms with E-state index < -0.39 is 24.1 Å². The van der Waals surface area contributed by atoms with Gasteiger partial charge in [0.15, 0.2) is 0 Å². The Labute approximate surface area is 84.0 Å². The molecule has 0 aliphatic carbocycles. The number of benzene rings is 1. The standard InChI is InChI=1S/C10H7F3O2/c11-10(12,13)8-6-7(2-1-5-14)3-4-9(8)15/h3-4,6,14-15H,5H2. The van der Waals surface area contributed by atoms with E-state index in [4.69, 9.17) is 10.2 Å². The van der Waals surface area contributed by atoms with Crippen molar-refractivity contribution < 1.29 is 23.4 Å². The summed E-state index contributed by atoms with van der Waals surface area (Å²) in [5.74, 6) is 3.71. The Balaban J connectivity index is 3.17. The predicted molar refractivity (Wildman–Crippen MR) is 47.1 cm³/mol. The largest absolute Gasteiger partial charge is 0.507 e. The van der Waals surface area contributed by atoms with Gasteiger partial charge in [-0.15, -0.1) is 0 Å². The zero-order valence-electron chi connectivity index (χ0n) is 7.47. The maximum absolute atomic E-state index is 12.3. The van der Waals surface area contributed by atoms with E-state index in [1.807, 2.05) is 0 Å². The highest BCUT2D eigenvalue weighted by Gasteiger charge is 2.33. The average molecular weight is 216 g/mol. The number of rotatable bonds is 0. The van der Waals surface area contributed by atoms with Crippen LogP contribution in [0.25, 0.3) is 0 Å². The molecule has 0 amide bonds. The van der Waals surface area contributed by atoms with Gasteiger partial charge >= 0.3 is 6.18 Å². The van der Waals surface area contributed by atoms with Gasteiger partial charge in [0, 0.05) is 5.56 Å². The highest BCUT2D eigenvalue weighted by atomic mass is 19.4. The van der Waals surface area contributed by atoms with Crippen LogP contribution in [-0.4, -0.2) is 16.8 Å². The van der Waals surface area contributed by atoms with E-state index in [1.54, 1.807) is 0 Å². The van der Waals surface area contributed by atoms with Gasteiger partial charge in [-0.3, -0.25) is 0 Å². The molecule has 2 nitrogen and oxygen atoms in total. The first-order valence-corrected chi connectivity index (χ1v) is 3.95. The molecule has 1 aromatic carbocycles. The summed E-state index contributed by atoms with van der Waals surface area (Å²) in [6.07, 6.45) is -4.61. The Hall–Kier alpha value is -1.67. The van der Waals surface area contributed by atoms with Gasteiger partial charge in [0.05, 0.1) is 5.56 Å². The van der Waals surface area contributed by atoms with Crippen molar-refractivity contribution in [1.82, 2.24) is 0 Å². The zero-order chi connectivity index (χ0) is 11.5. The molecule has 0 atom stereocenters. The fraction of sp³-hybridized carbons (Fsp3) is 0.200. The molecular formula is C10H7F3O2. The molecule has 0 bridgehead atoms. The Bertz CT molecular complexity index is 413. The molecule has 0 saturated carbocycles. The topological polar surface area (TPSA) is 40.5 Å². The van der Waals surface area contributed by atoms with Crippen LogP contribution < -0.4 is 0 Å². The number of phenolic OH excluding ortho intramolecular Hbond substituents is 1. The van der Waals surface area contributed by atoms with E-state index in [9.17, 15) is 13.2 Å². The monoisotopic (exact) mass is 216 g/mol. The fourth-order valence-corrected chi connectivity index (χ4v) is 0.982. The molecule has 80 valence electrons. The zero-order valence-corrected chi connectivity index (χ0v) is 7.47. The molecular weight excluding hydrogens is 209 g/mol. The number of phenols is 1. The second-order valence-corrected chi connectivity index (χ2v) is 2.69. The van der Waals surface area contributed by atoms with Crippen molar-refractivity contribution in [1.29, 1.82) is 0 Å². The van der Waals surface area contributed by atoms with Crippen LogP contribution in [0.1, 0.15) is 11.1 Å². The Morgan fingerprint density at radius 2 is 1.93 bits per heavy atom. The summed E-state index contributed by atoms with van der Waals surface area (Å²) >= 11 is 0. The molecule has 0 heterocycles. The van der Waals surface area contributed by atoms with Crippen LogP contribution in [0.3, 0.4) is 0 Å². The number of aliphatic hydroxyl groups excluding tert-OH is 1. The number of aliphatic hydroxyl groups is 1. The number of alkyl halides is 3. The minimum Gasteiger partial charge on any atom is -0.507 e. The Morgan fingerprint density at radius 3 is 2.47 bits per heavy atom. The molecule has 5 heteroatoms. The van der Waals surface area contributed by atoms with Crippen LogP contribution in [0.2, 0.25) is 0 Å². The van der Waals surface area contributed by atoms with E-state index in [-0.39, 0.29) is 5.56 Å². The van der Waals surface area contributed by atoms with Crippen molar-refractivity contribution in [2.45, 2.75) is 6.18 Å². The fourth-order valence-electron chi connectivity index (χ4n) is 0.982. The molecule has 0 aromatic heterocycles. The third-order valence-electron chi connectivity index (χ3n) is 1.61. The lowest BCUT2D eigenvalue weighted by molar-refractivity contribution is -0.138. The van der Waals surface area contributed by atoms with Crippen LogP contribution in [-0.2, 0) is 6.18 Å². The van der Waals surface area contributed by atoms with Crippen molar-refractivity contribution in [2.75, 3.05) is 6.61 Å². The van der Waals surface area contributed by atoms with Gasteiger partial charge in [-0.25, -0.2) is 0 Å². The van der Waals surface area contributed by atoms with E-state index in [0.717, 1.165) is 12.1 Å². The first-order chi connectivity index (χ1) is 6.95. The lowest BCUT2D eigenvalue weighted by Crippen LogP contribution is -2.05. The third kappa shape index (κ3) is 2.89. The quantitative estimate of drug-likeness (QED) is 0.648. The van der Waals surface area contributed by atoms with E-state index in [0.29, 0.717) is 0 Å². The van der Waals surface area contributed by atoms with Gasteiger partial charge in [0.2, 0.25) is 0 Å². The Morgan fingerprint density at radius 1 is 1.27 bits per heavy atom. The van der Waals surface area contributed by atoms with Gasteiger partial charge in [-0.05, 0) is 18.2 Å². The van der Waals surface area contributed by atoms with Crippen molar-refractivity contribution >= 4 is 0 Å². The van der Waals surface area contributed by atoms with Crippen LogP contribution in [0.15, 0.2) is 18.2 Å². The lowest BCUT2D eigenvalue weighted by Gasteiger charge is -2.08. The number of halogens is 3. The summed E-state index contributed by atoms with van der Waals surface area (Å²) < 4.78 is 36.9. The minimum atomic E-state index is -4.61. The lowest BCUT2D eigenvalue weighted by atomic mass is 10.1. The second kappa shape index (κ2) is 4.24. The smallest absolute Gasteiger partial charge is 0.419 e. The average Bonchev–Trinajstić information content (AvgIpc) is 2.15. The van der Waals surface area contributed by atoms with Crippen LogP contribution in [0.4, 0.5) is 13.2 Å². The van der Waals surface area contributed by atoms with Crippen molar-refractivity contribution in [3.05, 3.63) is 29.3 Å². The number of aromatic hydroxyl groups is 1. The van der Waals surface area contributed by atoms with Crippen molar-refractivity contribution in [2.24, 2.45) is 0 Å². The maximum atomic E-state index is 12.3. The maximum Gasteiger partial charge on any atom is 0.419 e. The highest BCUT2D eigenvalue weighted by Crippen LogP contribution is 2.35. The molecule has 0 saturated heterocycles. The molecule has 0 unspecified atom stereocenters. The van der Waals surface area contributed by atoms with Crippen molar-refractivity contribution in [3.8, 4) is 17.6 Å². The van der Waals surface area contributed by atoms with E-state index in [1.165, 1.54) is 6.07 Å². The van der Waals surface area contributed by atoms with Gasteiger partial charge in [0.25, 0.3) is 0 Å². The molecule has 0 fully saturated rings. The molecule has 1 rings (SSSR count). The second-order valence-electron chi connectivity index (χ2n) is 2.69. The first kappa shape index (κ1) is 11.4. The predicted octanol–water partition coefficient (Wildman–Crippen LogP) is 1.75. The third-order valence-corrected chi connectivity index (χ3v) is 1.61. The molecule has 1 aromatic rings. The molecule has 2 N–H and O–H groups in total. The van der Waals surface area contributed by atoms with E-state index in [2.05, 4.69) is 11.8 Å². The Kier molecular flexibility index (Phi) is 3.22. The van der Waals surface area contributed by atoms with Gasteiger partial charge in [0.1, 0.15) is 12.4 Å². The van der Waals surface area contributed by atoms with Crippen LogP contribution >= 0.6 is 0 Å². The van der Waals surface area contributed by atoms with Gasteiger partial charge in [-0.1, -0.05) is 11.8 Å². The van der Waals surface area contributed by atoms with Crippen LogP contribution in [0.5, 0.6) is 5.75 Å². The van der Waals surface area contributed by atoms with Crippen molar-refractivity contribution in [3.63, 3.8) is 0 Å². The molecule has 0 spiro atoms. The molecule has 0 radical (unpaired) electrons. The normalized spacial score (nSPS) is 10.7. The highest BCUT2D eigenvalue weighted by molar-refractivity contribution is 5.44. The minimum absolute atomic E-state index is 0.0918. The SMILES string of the molecule is OCC#Cc1ccc(O)c(C(F)(F)F)c1. The first-order valence-electron chi connectivity index (χ1n) is 3.95. The molecule has 15 heavy (non-hydrogen) atoms. The summed E-state index contributed by atoms with van der Waals surface area (Å²) in [5, 5.41) is 17.3. The van der Waals surface area contributed by atoms with Gasteiger partial charge < -0.3 is 10.2 Å². The summed E-state index contributed by atoms with van der Waals surface area (Å²) in [4.78, 5) is 0. The summed E-state index contributed by atoms with van der Waals surface area (Å²) in [7, 11) is 0. The van der Waals surface area contributed by atoms with Gasteiger partial charge in [-0.2, -0.15) is 13.2 Å². The summed E-state index contributed by atoms with van der Waals surface area (Å²) in [6, 6.07) is 2.90. The summed E-state index contributed by atoms with van der Waals surface area (Å²) in [5.41, 5.74) is -1.04. The van der Waals surface area contributed by atoms with E-state index >= 15 is 0 Å². The molecule has 0 aliphatic rings. The van der Waals surface area contributed by atoms with Crippen LogP contribution in [0, 0.1) is 11.8 Å².